The highest BCUT2D eigenvalue weighted by Crippen LogP contribution is 2.15. The second-order valence-electron chi connectivity index (χ2n) is 5.99. The van der Waals surface area contributed by atoms with Gasteiger partial charge >= 0.3 is 5.97 Å². The number of rotatable bonds is 8. The third-order valence-corrected chi connectivity index (χ3v) is 4.16. The Labute approximate surface area is 142 Å². The quantitative estimate of drug-likeness (QED) is 0.736. The molecule has 6 heteroatoms. The van der Waals surface area contributed by atoms with E-state index in [-0.39, 0.29) is 18.4 Å². The van der Waals surface area contributed by atoms with Gasteiger partial charge in [0.2, 0.25) is 5.91 Å². The Balaban J connectivity index is 1.67. The Morgan fingerprint density at radius 2 is 2.04 bits per heavy atom. The molecule has 2 rings (SSSR count). The number of unbranched alkanes of at least 4 members (excludes halogenated alkanes) is 1. The molecule has 1 aliphatic heterocycles. The molecule has 1 amide bonds. The van der Waals surface area contributed by atoms with E-state index in [1.165, 1.54) is 5.56 Å². The average Bonchev–Trinajstić information content (AvgIpc) is 2.58. The van der Waals surface area contributed by atoms with Crippen LogP contribution in [-0.2, 0) is 20.7 Å². The standard InChI is InChI=1S/C18H25NO5/c1-23-15-8-6-14(7-9-15)4-2-3-5-17(20)19-10-11-24-16(13-19)12-18(21)22/h6-9,16H,2-5,10-13H2,1H3,(H,21,22)/t16-/m0/s1. The van der Waals surface area contributed by atoms with Crippen molar-refractivity contribution in [1.29, 1.82) is 0 Å². The summed E-state index contributed by atoms with van der Waals surface area (Å²) in [6, 6.07) is 7.96. The van der Waals surface area contributed by atoms with Gasteiger partial charge in [0.1, 0.15) is 5.75 Å². The second kappa shape index (κ2) is 9.27. The summed E-state index contributed by atoms with van der Waals surface area (Å²) in [6.07, 6.45) is 2.76. The monoisotopic (exact) mass is 335 g/mol. The highest BCUT2D eigenvalue weighted by Gasteiger charge is 2.25. The number of aliphatic carboxylic acids is 1. The summed E-state index contributed by atoms with van der Waals surface area (Å²) in [7, 11) is 1.65. The molecule has 0 radical (unpaired) electrons. The van der Waals surface area contributed by atoms with Crippen LogP contribution in [0, 0.1) is 0 Å². The molecule has 1 saturated heterocycles. The van der Waals surface area contributed by atoms with Crippen molar-refractivity contribution in [2.75, 3.05) is 26.8 Å². The number of carboxylic acid groups (broad SMARTS) is 1. The van der Waals surface area contributed by atoms with Gasteiger partial charge in [0.25, 0.3) is 0 Å². The fourth-order valence-electron chi connectivity index (χ4n) is 2.82. The number of aryl methyl sites for hydroxylation is 1. The van der Waals surface area contributed by atoms with Crippen molar-refractivity contribution in [2.45, 2.75) is 38.2 Å². The summed E-state index contributed by atoms with van der Waals surface area (Å²) < 4.78 is 10.5. The van der Waals surface area contributed by atoms with Crippen molar-refractivity contribution in [2.24, 2.45) is 0 Å². The number of carbonyl (C=O) groups is 2. The van der Waals surface area contributed by atoms with Gasteiger partial charge < -0.3 is 19.5 Å². The van der Waals surface area contributed by atoms with Crippen LogP contribution in [0.5, 0.6) is 5.75 Å². The van der Waals surface area contributed by atoms with Crippen molar-refractivity contribution in [3.63, 3.8) is 0 Å². The lowest BCUT2D eigenvalue weighted by molar-refractivity contribution is -0.147. The molecule has 0 saturated carbocycles. The molecule has 24 heavy (non-hydrogen) atoms. The smallest absolute Gasteiger partial charge is 0.306 e. The van der Waals surface area contributed by atoms with E-state index in [4.69, 9.17) is 14.6 Å². The first-order valence-corrected chi connectivity index (χ1v) is 8.32. The zero-order chi connectivity index (χ0) is 17.4. The normalized spacial score (nSPS) is 17.5. The summed E-state index contributed by atoms with van der Waals surface area (Å²) in [6.45, 7) is 1.34. The Kier molecular flexibility index (Phi) is 7.06. The van der Waals surface area contributed by atoms with E-state index in [2.05, 4.69) is 0 Å². The fourth-order valence-corrected chi connectivity index (χ4v) is 2.82. The zero-order valence-electron chi connectivity index (χ0n) is 14.1. The van der Waals surface area contributed by atoms with Crippen LogP contribution in [0.1, 0.15) is 31.2 Å². The largest absolute Gasteiger partial charge is 0.497 e. The lowest BCUT2D eigenvalue weighted by atomic mass is 10.1. The van der Waals surface area contributed by atoms with Crippen molar-refractivity contribution < 1.29 is 24.2 Å². The van der Waals surface area contributed by atoms with Crippen LogP contribution < -0.4 is 4.74 Å². The Morgan fingerprint density at radius 3 is 2.71 bits per heavy atom. The lowest BCUT2D eigenvalue weighted by Crippen LogP contribution is -2.46. The minimum Gasteiger partial charge on any atom is -0.497 e. The van der Waals surface area contributed by atoms with Crippen LogP contribution >= 0.6 is 0 Å². The molecule has 6 nitrogen and oxygen atoms in total. The van der Waals surface area contributed by atoms with Gasteiger partial charge in [-0.15, -0.1) is 0 Å². The molecule has 0 unspecified atom stereocenters. The Bertz CT molecular complexity index is 543. The first-order valence-electron chi connectivity index (χ1n) is 8.32. The molecule has 1 N–H and O–H groups in total. The lowest BCUT2D eigenvalue weighted by Gasteiger charge is -2.32. The summed E-state index contributed by atoms with van der Waals surface area (Å²) in [5, 5.41) is 8.81. The van der Waals surface area contributed by atoms with E-state index < -0.39 is 5.97 Å². The van der Waals surface area contributed by atoms with Gasteiger partial charge in [-0.2, -0.15) is 0 Å². The predicted octanol–water partition coefficient (Wildman–Crippen LogP) is 2.11. The highest BCUT2D eigenvalue weighted by molar-refractivity contribution is 5.76. The number of carbonyl (C=O) groups excluding carboxylic acids is 1. The molecule has 132 valence electrons. The molecule has 1 aromatic carbocycles. The topological polar surface area (TPSA) is 76.1 Å². The van der Waals surface area contributed by atoms with Gasteiger partial charge in [-0.3, -0.25) is 9.59 Å². The maximum absolute atomic E-state index is 12.2. The van der Waals surface area contributed by atoms with Crippen LogP contribution in [0.3, 0.4) is 0 Å². The number of hydrogen-bond acceptors (Lipinski definition) is 4. The van der Waals surface area contributed by atoms with Crippen LogP contribution in [0.25, 0.3) is 0 Å². The number of benzene rings is 1. The van der Waals surface area contributed by atoms with Crippen molar-refractivity contribution in [3.8, 4) is 5.75 Å². The molecule has 0 aliphatic carbocycles. The molecule has 0 spiro atoms. The van der Waals surface area contributed by atoms with E-state index in [1.807, 2.05) is 24.3 Å². The SMILES string of the molecule is COc1ccc(CCCCC(=O)N2CCO[C@@H](CC(=O)O)C2)cc1. The summed E-state index contributed by atoms with van der Waals surface area (Å²) >= 11 is 0. The van der Waals surface area contributed by atoms with Gasteiger partial charge in [-0.1, -0.05) is 12.1 Å². The van der Waals surface area contributed by atoms with Crippen LogP contribution in [0.15, 0.2) is 24.3 Å². The van der Waals surface area contributed by atoms with Gasteiger partial charge in [-0.05, 0) is 37.0 Å². The minimum atomic E-state index is -0.895. The van der Waals surface area contributed by atoms with Gasteiger partial charge in [0.15, 0.2) is 0 Å². The number of methoxy groups -OCH3 is 1. The predicted molar refractivity (Wildman–Crippen MR) is 89.1 cm³/mol. The molecular formula is C18H25NO5. The molecule has 1 fully saturated rings. The summed E-state index contributed by atoms with van der Waals surface area (Å²) in [4.78, 5) is 24.7. The van der Waals surface area contributed by atoms with Crippen molar-refractivity contribution >= 4 is 11.9 Å². The maximum Gasteiger partial charge on any atom is 0.306 e. The van der Waals surface area contributed by atoms with E-state index in [9.17, 15) is 9.59 Å². The van der Waals surface area contributed by atoms with E-state index in [0.717, 1.165) is 25.0 Å². The zero-order valence-corrected chi connectivity index (χ0v) is 14.1. The van der Waals surface area contributed by atoms with Crippen LogP contribution in [0.2, 0.25) is 0 Å². The van der Waals surface area contributed by atoms with E-state index >= 15 is 0 Å². The third kappa shape index (κ3) is 5.85. The third-order valence-electron chi connectivity index (χ3n) is 4.16. The number of nitrogens with zero attached hydrogens (tertiary/aromatic N) is 1. The molecule has 1 aliphatic rings. The summed E-state index contributed by atoms with van der Waals surface area (Å²) in [5.74, 6) is 0.0365. The molecule has 0 aromatic heterocycles. The number of amides is 1. The Hall–Kier alpha value is -2.08. The van der Waals surface area contributed by atoms with Gasteiger partial charge in [-0.25, -0.2) is 0 Å². The van der Waals surface area contributed by atoms with Gasteiger partial charge in [0.05, 0.1) is 26.2 Å². The fraction of sp³-hybridized carbons (Fsp3) is 0.556. The average molecular weight is 335 g/mol. The Morgan fingerprint density at radius 1 is 1.29 bits per heavy atom. The molecular weight excluding hydrogens is 310 g/mol. The summed E-state index contributed by atoms with van der Waals surface area (Å²) in [5.41, 5.74) is 1.23. The van der Waals surface area contributed by atoms with Crippen molar-refractivity contribution in [1.82, 2.24) is 4.90 Å². The number of hydrogen-bond donors (Lipinski definition) is 1. The van der Waals surface area contributed by atoms with Crippen LogP contribution in [-0.4, -0.2) is 54.8 Å². The van der Waals surface area contributed by atoms with Crippen LogP contribution in [0.4, 0.5) is 0 Å². The maximum atomic E-state index is 12.2. The van der Waals surface area contributed by atoms with Crippen molar-refractivity contribution in [3.05, 3.63) is 29.8 Å². The number of carboxylic acids is 1. The van der Waals surface area contributed by atoms with Gasteiger partial charge in [0, 0.05) is 19.5 Å². The highest BCUT2D eigenvalue weighted by atomic mass is 16.5. The molecule has 1 aromatic rings. The number of morpholine rings is 1. The van der Waals surface area contributed by atoms with E-state index in [1.54, 1.807) is 12.0 Å². The number of ether oxygens (including phenoxy) is 2. The first kappa shape index (κ1) is 18.3. The molecule has 0 bridgehead atoms. The first-order chi connectivity index (χ1) is 11.6. The minimum absolute atomic E-state index is 0.0543. The second-order valence-corrected chi connectivity index (χ2v) is 5.99. The molecule has 1 heterocycles. The molecule has 1 atom stereocenters. The van der Waals surface area contributed by atoms with E-state index in [0.29, 0.717) is 26.1 Å².